The fraction of sp³-hybridized carbons (Fsp3) is 0.952. The summed E-state index contributed by atoms with van der Waals surface area (Å²) in [5.41, 5.74) is 0. The fourth-order valence-electron chi connectivity index (χ4n) is 13.0. The molecule has 6 atom stereocenters. The zero-order chi connectivity index (χ0) is 75.6. The minimum Gasteiger partial charge on any atom is -0.462 e. The molecule has 0 fully saturated rings. The predicted molar refractivity (Wildman–Crippen MR) is 423 cm³/mol. The van der Waals surface area contributed by atoms with Crippen molar-refractivity contribution in [2.45, 2.75) is 464 Å². The zero-order valence-corrected chi connectivity index (χ0v) is 69.4. The van der Waals surface area contributed by atoms with Gasteiger partial charge in [-0.05, 0) is 37.5 Å². The number of ether oxygens (including phenoxy) is 4. The number of esters is 4. The van der Waals surface area contributed by atoms with Crippen LogP contribution in [0.3, 0.4) is 0 Å². The lowest BCUT2D eigenvalue weighted by Gasteiger charge is -2.21. The Morgan fingerprint density at radius 2 is 0.495 bits per heavy atom. The maximum Gasteiger partial charge on any atom is 0.472 e. The van der Waals surface area contributed by atoms with Gasteiger partial charge in [-0.3, -0.25) is 37.3 Å². The predicted octanol–water partition coefficient (Wildman–Crippen LogP) is 25.5. The standard InChI is InChI=1S/C84H164O17P2/c1-7-10-12-14-16-18-20-22-23-24-25-26-30-33-36-40-43-47-54-60-66-81(86)94-72-79(100-84(89)69-63-57-49-45-41-37-34-31-28-27-29-32-35-38-42-46-52-58-64-76(4)5)74-98-102(90,91)96-70-78(85)71-97-103(92,93)99-75-80(73-95-82(87)67-61-55-51-50-53-59-65-77(6)9-3)101-83(88)68-62-56-48-44-39-21-19-17-15-13-11-8-2/h76-80,85H,7-75H2,1-6H3,(H,90,91)(H,92,93)/t77?,78-,79-,80-/m1/s1. The summed E-state index contributed by atoms with van der Waals surface area (Å²) in [6.07, 6.45) is 66.8. The molecule has 0 amide bonds. The van der Waals surface area contributed by atoms with Gasteiger partial charge >= 0.3 is 39.5 Å². The van der Waals surface area contributed by atoms with Crippen molar-refractivity contribution in [1.82, 2.24) is 0 Å². The van der Waals surface area contributed by atoms with Crippen molar-refractivity contribution in [3.05, 3.63) is 0 Å². The highest BCUT2D eigenvalue weighted by molar-refractivity contribution is 7.47. The van der Waals surface area contributed by atoms with Crippen LogP contribution in [0.2, 0.25) is 0 Å². The summed E-state index contributed by atoms with van der Waals surface area (Å²) in [5.74, 6) is -0.555. The van der Waals surface area contributed by atoms with E-state index in [1.807, 2.05) is 0 Å². The van der Waals surface area contributed by atoms with Gasteiger partial charge in [0.1, 0.15) is 19.3 Å². The summed E-state index contributed by atoms with van der Waals surface area (Å²) < 4.78 is 68.8. The Bertz CT molecular complexity index is 1980. The summed E-state index contributed by atoms with van der Waals surface area (Å²) >= 11 is 0. The topological polar surface area (TPSA) is 237 Å². The second-order valence-corrected chi connectivity index (χ2v) is 33.8. The monoisotopic (exact) mass is 1510 g/mol. The maximum atomic E-state index is 13.1. The highest BCUT2D eigenvalue weighted by atomic mass is 31.2. The average Bonchev–Trinajstić information content (AvgIpc) is 1.06. The molecule has 0 saturated heterocycles. The van der Waals surface area contributed by atoms with Crippen molar-refractivity contribution in [2.24, 2.45) is 11.8 Å². The summed E-state index contributed by atoms with van der Waals surface area (Å²) in [7, 11) is -9.92. The van der Waals surface area contributed by atoms with Crippen LogP contribution in [0.15, 0.2) is 0 Å². The van der Waals surface area contributed by atoms with Crippen LogP contribution < -0.4 is 0 Å². The molecule has 0 radical (unpaired) electrons. The highest BCUT2D eigenvalue weighted by Gasteiger charge is 2.30. The number of aliphatic hydroxyl groups excluding tert-OH is 1. The number of phosphoric acid groups is 2. The minimum atomic E-state index is -4.96. The SMILES string of the molecule is CCCCCCCCCCCCCCCCCCCCCCC(=O)OC[C@H](COP(=O)(O)OC[C@@H](O)COP(=O)(O)OC[C@@H](COC(=O)CCCCCCCCC(C)CC)OC(=O)CCCCCCCCCCCCCC)OC(=O)CCCCCCCCCCCCCCCCCCCCC(C)C. The number of carbonyl (C=O) groups is 4. The van der Waals surface area contributed by atoms with E-state index in [2.05, 4.69) is 41.5 Å². The number of phosphoric ester groups is 2. The largest absolute Gasteiger partial charge is 0.472 e. The van der Waals surface area contributed by atoms with Crippen molar-refractivity contribution in [1.29, 1.82) is 0 Å². The first-order chi connectivity index (χ1) is 49.9. The Balaban J connectivity index is 5.20. The quantitative estimate of drug-likeness (QED) is 0.0222. The molecule has 0 aromatic carbocycles. The van der Waals surface area contributed by atoms with Crippen LogP contribution >= 0.6 is 15.6 Å². The van der Waals surface area contributed by atoms with E-state index in [9.17, 15) is 43.2 Å². The van der Waals surface area contributed by atoms with E-state index in [1.165, 1.54) is 257 Å². The van der Waals surface area contributed by atoms with Gasteiger partial charge in [-0.1, -0.05) is 395 Å². The van der Waals surface area contributed by atoms with Gasteiger partial charge in [-0.15, -0.1) is 0 Å². The Kier molecular flexibility index (Phi) is 74.1. The van der Waals surface area contributed by atoms with E-state index in [4.69, 9.17) is 37.0 Å². The van der Waals surface area contributed by atoms with Crippen LogP contribution in [-0.4, -0.2) is 96.7 Å². The second kappa shape index (κ2) is 75.5. The van der Waals surface area contributed by atoms with Crippen LogP contribution in [0, 0.1) is 11.8 Å². The number of carbonyl (C=O) groups excluding carboxylic acids is 4. The molecule has 0 spiro atoms. The molecule has 103 heavy (non-hydrogen) atoms. The third-order valence-electron chi connectivity index (χ3n) is 20.1. The molecule has 17 nitrogen and oxygen atoms in total. The van der Waals surface area contributed by atoms with E-state index in [1.54, 1.807) is 0 Å². The Hall–Kier alpha value is -1.94. The lowest BCUT2D eigenvalue weighted by atomic mass is 10.00. The summed E-state index contributed by atoms with van der Waals surface area (Å²) in [5, 5.41) is 10.7. The van der Waals surface area contributed by atoms with Gasteiger partial charge in [0.25, 0.3) is 0 Å². The molecule has 0 aliphatic heterocycles. The van der Waals surface area contributed by atoms with Crippen molar-refractivity contribution in [2.75, 3.05) is 39.6 Å². The molecule has 0 aromatic rings. The molecule has 19 heteroatoms. The Morgan fingerprint density at radius 3 is 0.738 bits per heavy atom. The van der Waals surface area contributed by atoms with E-state index >= 15 is 0 Å². The normalized spacial score (nSPS) is 14.1. The number of rotatable bonds is 83. The Labute approximate surface area is 632 Å². The summed E-state index contributed by atoms with van der Waals surface area (Å²) in [6.45, 7) is 9.64. The smallest absolute Gasteiger partial charge is 0.462 e. The molecular formula is C84H164O17P2. The molecule has 0 heterocycles. The molecule has 0 bridgehead atoms. The van der Waals surface area contributed by atoms with Gasteiger partial charge < -0.3 is 33.8 Å². The van der Waals surface area contributed by atoms with Crippen molar-refractivity contribution in [3.63, 3.8) is 0 Å². The lowest BCUT2D eigenvalue weighted by molar-refractivity contribution is -0.161. The molecule has 0 saturated carbocycles. The lowest BCUT2D eigenvalue weighted by Crippen LogP contribution is -2.30. The first-order valence-corrected chi connectivity index (χ1v) is 46.5. The van der Waals surface area contributed by atoms with Crippen molar-refractivity contribution < 1.29 is 80.2 Å². The maximum absolute atomic E-state index is 13.1. The van der Waals surface area contributed by atoms with Gasteiger partial charge in [-0.25, -0.2) is 9.13 Å². The van der Waals surface area contributed by atoms with E-state index < -0.39 is 97.5 Å². The highest BCUT2D eigenvalue weighted by Crippen LogP contribution is 2.45. The average molecular weight is 1510 g/mol. The van der Waals surface area contributed by atoms with Crippen molar-refractivity contribution >= 4 is 39.5 Å². The third kappa shape index (κ3) is 76.6. The van der Waals surface area contributed by atoms with Crippen LogP contribution in [0.5, 0.6) is 0 Å². The van der Waals surface area contributed by atoms with Crippen LogP contribution in [0.25, 0.3) is 0 Å². The Morgan fingerprint density at radius 1 is 0.282 bits per heavy atom. The molecule has 612 valence electrons. The molecular weight excluding hydrogens is 1340 g/mol. The number of hydrogen-bond donors (Lipinski definition) is 3. The first kappa shape index (κ1) is 101. The van der Waals surface area contributed by atoms with Crippen LogP contribution in [0.4, 0.5) is 0 Å². The van der Waals surface area contributed by atoms with Crippen molar-refractivity contribution in [3.8, 4) is 0 Å². The minimum absolute atomic E-state index is 0.107. The van der Waals surface area contributed by atoms with Crippen LogP contribution in [-0.2, 0) is 65.4 Å². The number of hydrogen-bond acceptors (Lipinski definition) is 15. The molecule has 0 aromatic heterocycles. The van der Waals surface area contributed by atoms with Gasteiger partial charge in [-0.2, -0.15) is 0 Å². The van der Waals surface area contributed by atoms with Gasteiger partial charge in [0.2, 0.25) is 0 Å². The van der Waals surface area contributed by atoms with E-state index in [0.29, 0.717) is 25.7 Å². The van der Waals surface area contributed by atoms with Crippen LogP contribution in [0.1, 0.15) is 446 Å². The molecule has 0 aliphatic rings. The number of unbranched alkanes of at least 4 members (excludes halogenated alkanes) is 52. The zero-order valence-electron chi connectivity index (χ0n) is 67.6. The second-order valence-electron chi connectivity index (χ2n) is 30.9. The third-order valence-corrected chi connectivity index (χ3v) is 22.0. The van der Waals surface area contributed by atoms with Gasteiger partial charge in [0.15, 0.2) is 12.2 Å². The van der Waals surface area contributed by atoms with E-state index in [-0.39, 0.29) is 25.7 Å². The number of aliphatic hydroxyl groups is 1. The summed E-state index contributed by atoms with van der Waals surface area (Å²) in [4.78, 5) is 73.1. The van der Waals surface area contributed by atoms with Gasteiger partial charge in [0.05, 0.1) is 26.4 Å². The first-order valence-electron chi connectivity index (χ1n) is 43.5. The summed E-state index contributed by atoms with van der Waals surface area (Å²) in [6, 6.07) is 0. The van der Waals surface area contributed by atoms with E-state index in [0.717, 1.165) is 108 Å². The fourth-order valence-corrected chi connectivity index (χ4v) is 14.6. The molecule has 0 aliphatic carbocycles. The van der Waals surface area contributed by atoms with Gasteiger partial charge in [0, 0.05) is 25.7 Å². The molecule has 3 N–H and O–H groups in total. The molecule has 0 rings (SSSR count). The molecule has 3 unspecified atom stereocenters.